The summed E-state index contributed by atoms with van der Waals surface area (Å²) in [5.74, 6) is -0.758. The largest absolute Gasteiger partial charge is 0.487 e. The highest BCUT2D eigenvalue weighted by Gasteiger charge is 2.16. The molecule has 0 amide bonds. The predicted molar refractivity (Wildman–Crippen MR) is 111 cm³/mol. The summed E-state index contributed by atoms with van der Waals surface area (Å²) in [5.41, 5.74) is 1.60. The van der Waals surface area contributed by atoms with Gasteiger partial charge >= 0.3 is 5.97 Å². The van der Waals surface area contributed by atoms with Crippen LogP contribution in [0.1, 0.15) is 29.5 Å². The van der Waals surface area contributed by atoms with Crippen molar-refractivity contribution in [3.8, 4) is 17.0 Å². The van der Waals surface area contributed by atoms with E-state index < -0.39 is 5.97 Å². The molecule has 0 saturated carbocycles. The van der Waals surface area contributed by atoms with E-state index in [2.05, 4.69) is 26.2 Å². The van der Waals surface area contributed by atoms with Crippen LogP contribution in [0.5, 0.6) is 5.75 Å². The summed E-state index contributed by atoms with van der Waals surface area (Å²) < 4.78 is 24.7. The van der Waals surface area contributed by atoms with Crippen LogP contribution in [-0.4, -0.2) is 35.2 Å². The number of hydrogen-bond donors (Lipinski definition) is 1. The quantitative estimate of drug-likeness (QED) is 0.260. The highest BCUT2D eigenvalue weighted by atomic mass is 79.9. The number of aromatic carboxylic acids is 1. The molecule has 1 heterocycles. The number of halogens is 2. The molecule has 2 aromatic carbocycles. The number of aromatic nitrogens is 1. The van der Waals surface area contributed by atoms with E-state index in [1.165, 1.54) is 18.2 Å². The first-order valence-electron chi connectivity index (χ1n) is 9.05. The van der Waals surface area contributed by atoms with Crippen molar-refractivity contribution in [2.75, 3.05) is 13.2 Å². The Morgan fingerprint density at radius 1 is 1.23 bits per heavy atom. The second-order valence-electron chi connectivity index (χ2n) is 6.19. The van der Waals surface area contributed by atoms with Gasteiger partial charge < -0.3 is 19.2 Å². The van der Waals surface area contributed by atoms with Gasteiger partial charge in [0.25, 0.3) is 0 Å². The van der Waals surface area contributed by atoms with Crippen molar-refractivity contribution in [1.82, 2.24) is 5.16 Å². The van der Waals surface area contributed by atoms with Gasteiger partial charge in [-0.2, -0.15) is 0 Å². The lowest BCUT2D eigenvalue weighted by molar-refractivity contribution is 0.0695. The molecule has 9 heteroatoms. The lowest BCUT2D eigenvalue weighted by Crippen LogP contribution is -2.13. The monoisotopic (exact) mass is 476 g/mol. The molecule has 3 rings (SSSR count). The van der Waals surface area contributed by atoms with Gasteiger partial charge in [0.05, 0.1) is 5.56 Å². The van der Waals surface area contributed by atoms with Crippen LogP contribution in [0.25, 0.3) is 11.3 Å². The van der Waals surface area contributed by atoms with Crippen LogP contribution in [-0.2, 0) is 4.84 Å². The summed E-state index contributed by atoms with van der Waals surface area (Å²) in [4.78, 5) is 16.6. The molecule has 0 radical (unpaired) electrons. The number of carboxylic acid groups (broad SMARTS) is 1. The van der Waals surface area contributed by atoms with Crippen molar-refractivity contribution < 1.29 is 28.4 Å². The van der Waals surface area contributed by atoms with Crippen molar-refractivity contribution in [1.29, 1.82) is 0 Å². The summed E-state index contributed by atoms with van der Waals surface area (Å²) in [5, 5.41) is 17.3. The molecule has 0 fully saturated rings. The Morgan fingerprint density at radius 3 is 2.70 bits per heavy atom. The second-order valence-corrected chi connectivity index (χ2v) is 7.04. The molecule has 156 valence electrons. The number of benzene rings is 2. The number of hydrogen-bond acceptors (Lipinski definition) is 6. The lowest BCUT2D eigenvalue weighted by atomic mass is 10.1. The minimum absolute atomic E-state index is 0.0392. The maximum Gasteiger partial charge on any atom is 0.336 e. The van der Waals surface area contributed by atoms with Crippen LogP contribution >= 0.6 is 15.9 Å². The van der Waals surface area contributed by atoms with Crippen LogP contribution in [0.2, 0.25) is 0 Å². The van der Waals surface area contributed by atoms with Crippen molar-refractivity contribution >= 4 is 27.6 Å². The van der Waals surface area contributed by atoms with Gasteiger partial charge in [0.1, 0.15) is 30.5 Å². The van der Waals surface area contributed by atoms with E-state index in [0.717, 1.165) is 6.42 Å². The molecule has 0 aliphatic heterocycles. The van der Waals surface area contributed by atoms with Gasteiger partial charge in [-0.05, 0) is 64.8 Å². The van der Waals surface area contributed by atoms with Crippen LogP contribution in [0.4, 0.5) is 4.39 Å². The smallest absolute Gasteiger partial charge is 0.336 e. The first-order valence-corrected chi connectivity index (χ1v) is 9.84. The Labute approximate surface area is 180 Å². The van der Waals surface area contributed by atoms with E-state index in [9.17, 15) is 14.3 Å². The molecule has 0 spiro atoms. The molecule has 1 N–H and O–H groups in total. The van der Waals surface area contributed by atoms with Gasteiger partial charge in [-0.3, -0.25) is 0 Å². The number of rotatable bonds is 9. The first kappa shape index (κ1) is 21.5. The zero-order valence-corrected chi connectivity index (χ0v) is 17.6. The molecule has 0 atom stereocenters. The average molecular weight is 477 g/mol. The maximum absolute atomic E-state index is 13.1. The summed E-state index contributed by atoms with van der Waals surface area (Å²) >= 11 is 3.19. The zero-order chi connectivity index (χ0) is 21.5. The molecular weight excluding hydrogens is 459 g/mol. The van der Waals surface area contributed by atoms with E-state index in [1.807, 2.05) is 6.92 Å². The van der Waals surface area contributed by atoms with Crippen LogP contribution in [0.3, 0.4) is 0 Å². The fourth-order valence-corrected chi connectivity index (χ4v) is 2.85. The number of carboxylic acids is 1. The summed E-state index contributed by atoms with van der Waals surface area (Å²) in [6, 6.07) is 12.1. The van der Waals surface area contributed by atoms with Gasteiger partial charge in [-0.25, -0.2) is 9.18 Å². The Balaban J connectivity index is 1.80. The van der Waals surface area contributed by atoms with Crippen LogP contribution < -0.4 is 4.74 Å². The molecule has 1 aromatic heterocycles. The topological polar surface area (TPSA) is 94.2 Å². The molecule has 0 saturated heterocycles. The molecule has 3 aromatic rings. The standard InChI is InChI=1S/C21H18BrFN2O5/c1-2-9-29-24-19(12-28-15-7-8-17(22)16(10-15)21(26)27)20-11-18(25-30-20)13-3-5-14(23)6-4-13/h3-8,10-11H,2,9,12H2,1H3,(H,26,27)/b24-19+. The van der Waals surface area contributed by atoms with Crippen LogP contribution in [0, 0.1) is 5.82 Å². The van der Waals surface area contributed by atoms with E-state index in [1.54, 1.807) is 30.3 Å². The zero-order valence-electron chi connectivity index (χ0n) is 16.0. The summed E-state index contributed by atoms with van der Waals surface area (Å²) in [6.45, 7) is 2.31. The Hall–Kier alpha value is -3.20. The Morgan fingerprint density at radius 2 is 2.00 bits per heavy atom. The molecule has 0 unspecified atom stereocenters. The summed E-state index contributed by atoms with van der Waals surface area (Å²) in [7, 11) is 0. The van der Waals surface area contributed by atoms with Crippen molar-refractivity contribution in [3.63, 3.8) is 0 Å². The third-order valence-electron chi connectivity index (χ3n) is 3.95. The summed E-state index contributed by atoms with van der Waals surface area (Å²) in [6.07, 6.45) is 0.767. The third kappa shape index (κ3) is 5.44. The van der Waals surface area contributed by atoms with Gasteiger partial charge in [0.15, 0.2) is 11.5 Å². The fourth-order valence-electron chi connectivity index (χ4n) is 2.43. The van der Waals surface area contributed by atoms with E-state index >= 15 is 0 Å². The van der Waals surface area contributed by atoms with Gasteiger partial charge in [0.2, 0.25) is 0 Å². The highest BCUT2D eigenvalue weighted by molar-refractivity contribution is 9.10. The fraction of sp³-hybridized carbons (Fsp3) is 0.190. The predicted octanol–water partition coefficient (Wildman–Crippen LogP) is 5.15. The number of carbonyl (C=O) groups is 1. The normalized spacial score (nSPS) is 11.4. The van der Waals surface area contributed by atoms with Crippen LogP contribution in [0.15, 0.2) is 62.7 Å². The van der Waals surface area contributed by atoms with Gasteiger partial charge in [-0.15, -0.1) is 0 Å². The second kappa shape index (κ2) is 10.0. The van der Waals surface area contributed by atoms with Crippen molar-refractivity contribution in [2.24, 2.45) is 5.16 Å². The number of ether oxygens (including phenoxy) is 1. The van der Waals surface area contributed by atoms with E-state index in [4.69, 9.17) is 14.1 Å². The third-order valence-corrected chi connectivity index (χ3v) is 4.64. The van der Waals surface area contributed by atoms with E-state index in [0.29, 0.717) is 39.6 Å². The molecular formula is C21H18BrFN2O5. The Kier molecular flexibility index (Phi) is 7.18. The highest BCUT2D eigenvalue weighted by Crippen LogP contribution is 2.24. The molecule has 7 nitrogen and oxygen atoms in total. The Bertz CT molecular complexity index is 1050. The average Bonchev–Trinajstić information content (AvgIpc) is 3.22. The maximum atomic E-state index is 13.1. The first-order chi connectivity index (χ1) is 14.5. The number of nitrogens with zero attached hydrogens (tertiary/aromatic N) is 2. The molecule has 0 aliphatic carbocycles. The molecule has 0 aliphatic rings. The lowest BCUT2D eigenvalue weighted by Gasteiger charge is -2.08. The number of oxime groups is 1. The molecule has 30 heavy (non-hydrogen) atoms. The van der Waals surface area contributed by atoms with Crippen molar-refractivity contribution in [3.05, 3.63) is 70.1 Å². The SMILES string of the molecule is CCCO/N=C(\COc1ccc(Br)c(C(=O)O)c1)c1cc(-c2ccc(F)cc2)no1. The molecule has 0 bridgehead atoms. The van der Waals surface area contributed by atoms with E-state index in [-0.39, 0.29) is 18.0 Å². The van der Waals surface area contributed by atoms with Crippen molar-refractivity contribution in [2.45, 2.75) is 13.3 Å². The minimum Gasteiger partial charge on any atom is -0.487 e. The van der Waals surface area contributed by atoms with Gasteiger partial charge in [-0.1, -0.05) is 17.2 Å². The minimum atomic E-state index is -1.08. The van der Waals surface area contributed by atoms with Gasteiger partial charge in [0, 0.05) is 16.1 Å².